The second-order valence-corrected chi connectivity index (χ2v) is 2.94. The summed E-state index contributed by atoms with van der Waals surface area (Å²) in [6, 6.07) is 0.835. The first kappa shape index (κ1) is 5.40. The van der Waals surface area contributed by atoms with Crippen molar-refractivity contribution in [3.63, 3.8) is 0 Å². The van der Waals surface area contributed by atoms with Crippen molar-refractivity contribution in [3.8, 4) is 0 Å². The normalized spacial score (nSPS) is 32.0. The molecule has 0 heterocycles. The van der Waals surface area contributed by atoms with Crippen molar-refractivity contribution in [1.82, 2.24) is 0 Å². The molecule has 0 N–H and O–H groups in total. The highest BCUT2D eigenvalue weighted by Gasteiger charge is 1.98. The van der Waals surface area contributed by atoms with Crippen LogP contribution < -0.4 is 0 Å². The number of hydrogen-bond acceptors (Lipinski definition) is 0. The number of hydrogen-bond donors (Lipinski definition) is 0. The summed E-state index contributed by atoms with van der Waals surface area (Å²) in [5.41, 5.74) is 1.25. The maximum atomic E-state index is 7.77. The van der Waals surface area contributed by atoms with Gasteiger partial charge in [0.2, 0.25) is 0 Å². The average molecular weight is 140 g/mol. The van der Waals surface area contributed by atoms with E-state index >= 15 is 0 Å². The van der Waals surface area contributed by atoms with Gasteiger partial charge < -0.3 is 0 Å². The molecule has 0 heteroatoms. The quantitative estimate of drug-likeness (QED) is 0.487. The van der Waals surface area contributed by atoms with E-state index in [0.29, 0.717) is 6.90 Å². The first-order valence-corrected chi connectivity index (χ1v) is 4.31. The van der Waals surface area contributed by atoms with Crippen molar-refractivity contribution in [1.29, 1.82) is 0 Å². The SMILES string of the molecule is [2H]CC/C1=C(\[2H])CCCCCC1. The van der Waals surface area contributed by atoms with Gasteiger partial charge in [0.15, 0.2) is 0 Å². The van der Waals surface area contributed by atoms with E-state index in [9.17, 15) is 0 Å². The van der Waals surface area contributed by atoms with Gasteiger partial charge in [0, 0.05) is 1.37 Å². The van der Waals surface area contributed by atoms with E-state index in [4.69, 9.17) is 2.74 Å². The zero-order valence-corrected chi connectivity index (χ0v) is 6.66. The summed E-state index contributed by atoms with van der Waals surface area (Å²) in [7, 11) is 0. The first-order valence-electron chi connectivity index (χ1n) is 5.52. The van der Waals surface area contributed by atoms with Gasteiger partial charge in [-0.1, -0.05) is 31.4 Å². The summed E-state index contributed by atoms with van der Waals surface area (Å²) in [5.74, 6) is 0. The lowest BCUT2D eigenvalue weighted by molar-refractivity contribution is 0.618. The predicted octanol–water partition coefficient (Wildman–Crippen LogP) is 3.68. The highest BCUT2D eigenvalue weighted by molar-refractivity contribution is 5.01. The van der Waals surface area contributed by atoms with E-state index in [-0.39, 0.29) is 0 Å². The van der Waals surface area contributed by atoms with E-state index in [1.54, 1.807) is 0 Å². The van der Waals surface area contributed by atoms with E-state index in [0.717, 1.165) is 25.3 Å². The van der Waals surface area contributed by atoms with Gasteiger partial charge >= 0.3 is 0 Å². The second kappa shape index (κ2) is 4.54. The lowest BCUT2D eigenvalue weighted by Crippen LogP contribution is -1.88. The van der Waals surface area contributed by atoms with Gasteiger partial charge in [-0.05, 0) is 32.1 Å². The monoisotopic (exact) mass is 140 g/mol. The van der Waals surface area contributed by atoms with E-state index in [1.807, 2.05) is 0 Å². The molecule has 0 nitrogen and oxygen atoms in total. The maximum Gasteiger partial charge on any atom is 0.0575 e. The van der Waals surface area contributed by atoms with Crippen molar-refractivity contribution in [2.24, 2.45) is 0 Å². The molecule has 0 fully saturated rings. The van der Waals surface area contributed by atoms with Crippen molar-refractivity contribution < 1.29 is 2.74 Å². The standard InChI is InChI=1S/C10H18/c1-2-10-8-6-4-3-5-7-9-10/h8H,2-7,9H2,1H3/b10-8-/i1D,8D. The van der Waals surface area contributed by atoms with Gasteiger partial charge in [-0.2, -0.15) is 0 Å². The van der Waals surface area contributed by atoms with Crippen molar-refractivity contribution in [2.75, 3.05) is 0 Å². The summed E-state index contributed by atoms with van der Waals surface area (Å²) in [4.78, 5) is 0. The van der Waals surface area contributed by atoms with E-state index < -0.39 is 0 Å². The summed E-state index contributed by atoms with van der Waals surface area (Å²) < 4.78 is 14.9. The highest BCUT2D eigenvalue weighted by Crippen LogP contribution is 2.18. The number of allylic oxidation sites excluding steroid dienone is 2. The van der Waals surface area contributed by atoms with Gasteiger partial charge in [-0.15, -0.1) is 0 Å². The minimum Gasteiger partial charge on any atom is -0.0853 e. The molecular weight excluding hydrogens is 120 g/mol. The van der Waals surface area contributed by atoms with Crippen LogP contribution in [-0.4, -0.2) is 0 Å². The highest BCUT2D eigenvalue weighted by atomic mass is 14.0. The Kier molecular flexibility index (Phi) is 2.45. The first-order chi connectivity index (χ1) is 5.84. The molecule has 0 unspecified atom stereocenters. The van der Waals surface area contributed by atoms with Gasteiger partial charge in [0.1, 0.15) is 0 Å². The Bertz CT molecular complexity index is 161. The van der Waals surface area contributed by atoms with Crippen molar-refractivity contribution >= 4 is 0 Å². The van der Waals surface area contributed by atoms with Crippen LogP contribution in [0.5, 0.6) is 0 Å². The maximum absolute atomic E-state index is 7.77. The molecule has 0 aromatic rings. The van der Waals surface area contributed by atoms with Gasteiger partial charge in [-0.25, -0.2) is 0 Å². The fourth-order valence-corrected chi connectivity index (χ4v) is 1.38. The Morgan fingerprint density at radius 1 is 1.50 bits per heavy atom. The molecule has 0 aromatic heterocycles. The van der Waals surface area contributed by atoms with E-state index in [2.05, 4.69) is 0 Å². The van der Waals surface area contributed by atoms with Crippen molar-refractivity contribution in [3.05, 3.63) is 11.6 Å². The molecule has 0 spiro atoms. The molecule has 0 radical (unpaired) electrons. The van der Waals surface area contributed by atoms with Crippen LogP contribution in [0.25, 0.3) is 0 Å². The smallest absolute Gasteiger partial charge is 0.0575 e. The second-order valence-electron chi connectivity index (χ2n) is 2.94. The van der Waals surface area contributed by atoms with Gasteiger partial charge in [-0.3, -0.25) is 0 Å². The Balaban J connectivity index is 2.53. The Hall–Kier alpha value is -0.260. The minimum absolute atomic E-state index is 0.456. The van der Waals surface area contributed by atoms with Gasteiger partial charge in [0.05, 0.1) is 1.37 Å². The molecule has 0 aromatic carbocycles. The third-order valence-corrected chi connectivity index (χ3v) is 2.08. The lowest BCUT2D eigenvalue weighted by atomic mass is 9.99. The molecule has 1 aliphatic carbocycles. The molecule has 0 saturated heterocycles. The minimum atomic E-state index is 0.456. The molecule has 0 aliphatic heterocycles. The molecule has 0 amide bonds. The third kappa shape index (κ3) is 2.55. The summed E-state index contributed by atoms with van der Waals surface area (Å²) in [5, 5.41) is 0. The van der Waals surface area contributed by atoms with Crippen LogP contribution in [0.1, 0.15) is 54.6 Å². The Morgan fingerprint density at radius 3 is 3.30 bits per heavy atom. The van der Waals surface area contributed by atoms with Crippen molar-refractivity contribution in [2.45, 2.75) is 51.8 Å². The van der Waals surface area contributed by atoms with Crippen LogP contribution >= 0.6 is 0 Å². The number of rotatable bonds is 1. The van der Waals surface area contributed by atoms with Crippen LogP contribution in [0.4, 0.5) is 0 Å². The molecule has 1 rings (SSSR count). The van der Waals surface area contributed by atoms with Crippen LogP contribution in [0.15, 0.2) is 11.6 Å². The molecule has 0 bridgehead atoms. The van der Waals surface area contributed by atoms with Gasteiger partial charge in [0.25, 0.3) is 0 Å². The fraction of sp³-hybridized carbons (Fsp3) is 0.800. The summed E-state index contributed by atoms with van der Waals surface area (Å²) in [6.45, 7) is 0.456. The zero-order chi connectivity index (χ0) is 8.81. The molecule has 58 valence electrons. The topological polar surface area (TPSA) is 0 Å². The molecule has 10 heavy (non-hydrogen) atoms. The van der Waals surface area contributed by atoms with Crippen LogP contribution in [0.3, 0.4) is 0 Å². The molecule has 0 atom stereocenters. The molecular formula is C10H18. The van der Waals surface area contributed by atoms with Crippen LogP contribution in [0, 0.1) is 0 Å². The largest absolute Gasteiger partial charge is 0.0853 e. The lowest BCUT2D eigenvalue weighted by Gasteiger charge is -2.08. The summed E-state index contributed by atoms with van der Waals surface area (Å²) in [6.07, 6.45) is 7.88. The average Bonchev–Trinajstić information content (AvgIpc) is 2.05. The fourth-order valence-electron chi connectivity index (χ4n) is 1.38. The Morgan fingerprint density at radius 2 is 2.40 bits per heavy atom. The zero-order valence-electron chi connectivity index (χ0n) is 8.66. The summed E-state index contributed by atoms with van der Waals surface area (Å²) >= 11 is 0. The predicted molar refractivity (Wildman–Crippen MR) is 46.1 cm³/mol. The van der Waals surface area contributed by atoms with Crippen LogP contribution in [0.2, 0.25) is 0 Å². The molecule has 1 aliphatic rings. The Labute approximate surface area is 67.1 Å². The third-order valence-electron chi connectivity index (χ3n) is 2.08. The van der Waals surface area contributed by atoms with Crippen LogP contribution in [-0.2, 0) is 0 Å². The molecule has 0 saturated carbocycles. The van der Waals surface area contributed by atoms with E-state index in [1.165, 1.54) is 31.3 Å².